The molecule has 16 heavy (non-hydrogen) atoms. The molecule has 0 spiro atoms. The number of carbonyl (C=O) groups is 1. The van der Waals surface area contributed by atoms with E-state index < -0.39 is 12.2 Å². The molecule has 0 aromatic heterocycles. The predicted molar refractivity (Wildman–Crippen MR) is 57.6 cm³/mol. The highest BCUT2D eigenvalue weighted by Gasteiger charge is 2.18. The highest BCUT2D eigenvalue weighted by Crippen LogP contribution is 2.18. The molecule has 0 aliphatic rings. The summed E-state index contributed by atoms with van der Waals surface area (Å²) in [6.07, 6.45) is -2.39. The Morgan fingerprint density at radius 2 is 2.19 bits per heavy atom. The van der Waals surface area contributed by atoms with Gasteiger partial charge >= 0.3 is 0 Å². The molecule has 0 aliphatic heterocycles. The molecular formula is C12H13NO3. The molecule has 0 aliphatic carbocycles. The standard InChI is InChI=1S/C12H13NO3/c1-2-10(14)8-4-3-5-9(6-8)12(16)11(15)7-13/h3-6,11-12,15-16H,2H2,1H3. The highest BCUT2D eigenvalue weighted by atomic mass is 16.3. The number of nitriles is 1. The summed E-state index contributed by atoms with van der Waals surface area (Å²) in [4.78, 5) is 11.4. The second-order valence-corrected chi connectivity index (χ2v) is 3.42. The Hall–Kier alpha value is -1.70. The van der Waals surface area contributed by atoms with Gasteiger partial charge in [0.2, 0.25) is 0 Å². The summed E-state index contributed by atoms with van der Waals surface area (Å²) in [5.41, 5.74) is 0.845. The fourth-order valence-electron chi connectivity index (χ4n) is 1.35. The van der Waals surface area contributed by atoms with Crippen LogP contribution in [0.25, 0.3) is 0 Å². The van der Waals surface area contributed by atoms with Crippen LogP contribution in [0.3, 0.4) is 0 Å². The average molecular weight is 219 g/mol. The Kier molecular flexibility index (Phi) is 4.18. The monoisotopic (exact) mass is 219 g/mol. The molecule has 1 rings (SSSR count). The summed E-state index contributed by atoms with van der Waals surface area (Å²) in [6.45, 7) is 1.75. The normalized spacial score (nSPS) is 13.9. The first-order chi connectivity index (χ1) is 7.60. The van der Waals surface area contributed by atoms with E-state index in [2.05, 4.69) is 0 Å². The number of carbonyl (C=O) groups excluding carboxylic acids is 1. The lowest BCUT2D eigenvalue weighted by molar-refractivity contribution is 0.0527. The van der Waals surface area contributed by atoms with Gasteiger partial charge in [0.15, 0.2) is 11.9 Å². The number of benzene rings is 1. The molecule has 0 bridgehead atoms. The van der Waals surface area contributed by atoms with Gasteiger partial charge in [-0.3, -0.25) is 4.79 Å². The van der Waals surface area contributed by atoms with Crippen LogP contribution in [0.1, 0.15) is 35.4 Å². The lowest BCUT2D eigenvalue weighted by Crippen LogP contribution is -2.16. The van der Waals surface area contributed by atoms with Gasteiger partial charge in [-0.1, -0.05) is 25.1 Å². The third-order valence-electron chi connectivity index (χ3n) is 2.30. The molecule has 2 N–H and O–H groups in total. The van der Waals surface area contributed by atoms with Crippen LogP contribution >= 0.6 is 0 Å². The van der Waals surface area contributed by atoms with Gasteiger partial charge in [-0.05, 0) is 11.6 Å². The van der Waals surface area contributed by atoms with Gasteiger partial charge in [-0.25, -0.2) is 0 Å². The molecule has 0 radical (unpaired) electrons. The first kappa shape index (κ1) is 12.4. The summed E-state index contributed by atoms with van der Waals surface area (Å²) in [5.74, 6) is -0.0412. The molecule has 1 aromatic carbocycles. The molecule has 0 amide bonds. The van der Waals surface area contributed by atoms with Crippen LogP contribution in [-0.2, 0) is 0 Å². The maximum Gasteiger partial charge on any atom is 0.170 e. The third-order valence-corrected chi connectivity index (χ3v) is 2.30. The molecule has 0 saturated heterocycles. The Morgan fingerprint density at radius 1 is 1.50 bits per heavy atom. The summed E-state index contributed by atoms with van der Waals surface area (Å²) >= 11 is 0. The fourth-order valence-corrected chi connectivity index (χ4v) is 1.35. The number of hydrogen-bond donors (Lipinski definition) is 2. The van der Waals surface area contributed by atoms with Crippen molar-refractivity contribution in [1.82, 2.24) is 0 Å². The first-order valence-corrected chi connectivity index (χ1v) is 4.99. The molecule has 4 nitrogen and oxygen atoms in total. The van der Waals surface area contributed by atoms with Crippen molar-refractivity contribution in [3.05, 3.63) is 35.4 Å². The van der Waals surface area contributed by atoms with E-state index in [9.17, 15) is 15.0 Å². The Labute approximate surface area is 93.8 Å². The van der Waals surface area contributed by atoms with E-state index in [0.717, 1.165) is 0 Å². The van der Waals surface area contributed by atoms with Gasteiger partial charge in [0.05, 0.1) is 6.07 Å². The van der Waals surface area contributed by atoms with Gasteiger partial charge in [-0.15, -0.1) is 0 Å². The Morgan fingerprint density at radius 3 is 2.75 bits per heavy atom. The van der Waals surface area contributed by atoms with Gasteiger partial charge in [0.25, 0.3) is 0 Å². The molecular weight excluding hydrogens is 206 g/mol. The number of aliphatic hydroxyl groups excluding tert-OH is 2. The van der Waals surface area contributed by atoms with Gasteiger partial charge in [-0.2, -0.15) is 5.26 Å². The lowest BCUT2D eigenvalue weighted by Gasteiger charge is -2.12. The minimum absolute atomic E-state index is 0.0412. The zero-order valence-corrected chi connectivity index (χ0v) is 8.92. The predicted octanol–water partition coefficient (Wildman–Crippen LogP) is 1.20. The van der Waals surface area contributed by atoms with Crippen LogP contribution in [0.5, 0.6) is 0 Å². The minimum atomic E-state index is -1.48. The van der Waals surface area contributed by atoms with Crippen molar-refractivity contribution in [2.24, 2.45) is 0 Å². The van der Waals surface area contributed by atoms with Crippen molar-refractivity contribution in [2.45, 2.75) is 25.6 Å². The summed E-state index contributed by atoms with van der Waals surface area (Å²) < 4.78 is 0. The fraction of sp³-hybridized carbons (Fsp3) is 0.333. The van der Waals surface area contributed by atoms with Crippen LogP contribution in [-0.4, -0.2) is 22.1 Å². The maximum atomic E-state index is 11.4. The van der Waals surface area contributed by atoms with E-state index >= 15 is 0 Å². The molecule has 84 valence electrons. The SMILES string of the molecule is CCC(=O)c1cccc(C(O)C(O)C#N)c1. The molecule has 4 heteroatoms. The average Bonchev–Trinajstić information content (AvgIpc) is 2.36. The van der Waals surface area contributed by atoms with Crippen LogP contribution in [0.15, 0.2) is 24.3 Å². The quantitative estimate of drug-likeness (QED) is 0.589. The molecule has 1 aromatic rings. The smallest absolute Gasteiger partial charge is 0.170 e. The van der Waals surface area contributed by atoms with Crippen LogP contribution in [0, 0.1) is 11.3 Å². The van der Waals surface area contributed by atoms with Crippen molar-refractivity contribution in [1.29, 1.82) is 5.26 Å². The third kappa shape index (κ3) is 2.66. The number of rotatable bonds is 4. The van der Waals surface area contributed by atoms with E-state index in [1.54, 1.807) is 31.2 Å². The van der Waals surface area contributed by atoms with Crippen LogP contribution in [0.4, 0.5) is 0 Å². The topological polar surface area (TPSA) is 81.3 Å². The van der Waals surface area contributed by atoms with E-state index in [4.69, 9.17) is 5.26 Å². The summed E-state index contributed by atoms with van der Waals surface area (Å²) in [7, 11) is 0. The van der Waals surface area contributed by atoms with Crippen molar-refractivity contribution in [3.8, 4) is 6.07 Å². The zero-order chi connectivity index (χ0) is 12.1. The van der Waals surface area contributed by atoms with E-state index in [0.29, 0.717) is 17.5 Å². The van der Waals surface area contributed by atoms with Crippen molar-refractivity contribution < 1.29 is 15.0 Å². The molecule has 2 unspecified atom stereocenters. The second-order valence-electron chi connectivity index (χ2n) is 3.42. The summed E-state index contributed by atoms with van der Waals surface area (Å²) in [5, 5.41) is 27.2. The van der Waals surface area contributed by atoms with Gasteiger partial charge < -0.3 is 10.2 Å². The van der Waals surface area contributed by atoms with Crippen LogP contribution < -0.4 is 0 Å². The van der Waals surface area contributed by atoms with Crippen molar-refractivity contribution in [3.63, 3.8) is 0 Å². The van der Waals surface area contributed by atoms with Crippen LogP contribution in [0.2, 0.25) is 0 Å². The molecule has 0 fully saturated rings. The number of nitrogens with zero attached hydrogens (tertiary/aromatic N) is 1. The van der Waals surface area contributed by atoms with Gasteiger partial charge in [0, 0.05) is 12.0 Å². The van der Waals surface area contributed by atoms with Crippen molar-refractivity contribution >= 4 is 5.78 Å². The zero-order valence-electron chi connectivity index (χ0n) is 8.92. The van der Waals surface area contributed by atoms with Gasteiger partial charge in [0.1, 0.15) is 6.10 Å². The summed E-state index contributed by atoms with van der Waals surface area (Å²) in [6, 6.07) is 7.87. The first-order valence-electron chi connectivity index (χ1n) is 4.99. The number of Topliss-reactive ketones (excluding diaryl/α,β-unsaturated/α-hetero) is 1. The van der Waals surface area contributed by atoms with Crippen molar-refractivity contribution in [2.75, 3.05) is 0 Å². The molecule has 0 saturated carbocycles. The number of aliphatic hydroxyl groups is 2. The Bertz CT molecular complexity index is 423. The molecule has 2 atom stereocenters. The maximum absolute atomic E-state index is 11.4. The minimum Gasteiger partial charge on any atom is -0.385 e. The Balaban J connectivity index is 2.99. The number of hydrogen-bond acceptors (Lipinski definition) is 4. The second kappa shape index (κ2) is 5.40. The molecule has 0 heterocycles. The lowest BCUT2D eigenvalue weighted by atomic mass is 10.00. The number of ketones is 1. The largest absolute Gasteiger partial charge is 0.385 e. The van der Waals surface area contributed by atoms with E-state index in [-0.39, 0.29) is 5.78 Å². The highest BCUT2D eigenvalue weighted by molar-refractivity contribution is 5.95. The van der Waals surface area contributed by atoms with E-state index in [1.165, 1.54) is 6.07 Å². The van der Waals surface area contributed by atoms with E-state index in [1.807, 2.05) is 0 Å².